The number of nitrogens with one attached hydrogen (secondary N) is 3. The summed E-state index contributed by atoms with van der Waals surface area (Å²) in [5, 5.41) is 8.48. The van der Waals surface area contributed by atoms with Crippen molar-refractivity contribution in [1.82, 2.24) is 14.9 Å². The molecular formula is C28H41N5O6Si. The molecule has 218 valence electrons. The molecule has 11 nitrogen and oxygen atoms in total. The number of amides is 3. The molecule has 2 heterocycles. The summed E-state index contributed by atoms with van der Waals surface area (Å²) in [6.45, 7) is 13.1. The van der Waals surface area contributed by atoms with Crippen LogP contribution in [0.15, 0.2) is 36.5 Å². The highest BCUT2D eigenvalue weighted by Crippen LogP contribution is 2.33. The summed E-state index contributed by atoms with van der Waals surface area (Å²) >= 11 is 0. The Kier molecular flexibility index (Phi) is 10.1. The minimum atomic E-state index is -1.28. The van der Waals surface area contributed by atoms with Crippen molar-refractivity contribution in [2.45, 2.75) is 77.7 Å². The van der Waals surface area contributed by atoms with Crippen molar-refractivity contribution < 1.29 is 28.6 Å². The van der Waals surface area contributed by atoms with Crippen molar-refractivity contribution in [3.8, 4) is 11.3 Å². The molecule has 0 aliphatic carbocycles. The number of alkyl carbamates (subject to hydrolysis) is 1. The van der Waals surface area contributed by atoms with Gasteiger partial charge in [-0.15, -0.1) is 0 Å². The van der Waals surface area contributed by atoms with Crippen LogP contribution < -0.4 is 16.0 Å². The average molecular weight is 572 g/mol. The zero-order chi connectivity index (χ0) is 29.5. The number of hydrogen-bond acceptors (Lipinski definition) is 7. The Morgan fingerprint density at radius 2 is 1.93 bits per heavy atom. The lowest BCUT2D eigenvalue weighted by molar-refractivity contribution is -0.115. The Labute approximate surface area is 236 Å². The van der Waals surface area contributed by atoms with Gasteiger partial charge in [-0.2, -0.15) is 0 Å². The lowest BCUT2D eigenvalue weighted by Crippen LogP contribution is -2.36. The Morgan fingerprint density at radius 1 is 1.18 bits per heavy atom. The fourth-order valence-electron chi connectivity index (χ4n) is 3.90. The van der Waals surface area contributed by atoms with E-state index in [0.717, 1.165) is 6.04 Å². The lowest BCUT2D eigenvalue weighted by Gasteiger charge is -2.23. The first-order valence-corrected chi connectivity index (χ1v) is 17.0. The van der Waals surface area contributed by atoms with Gasteiger partial charge in [0.25, 0.3) is 0 Å². The molecule has 2 bridgehead atoms. The van der Waals surface area contributed by atoms with Crippen LogP contribution in [0.2, 0.25) is 25.7 Å². The van der Waals surface area contributed by atoms with E-state index in [9.17, 15) is 14.4 Å². The van der Waals surface area contributed by atoms with E-state index in [1.807, 2.05) is 16.8 Å². The molecule has 0 radical (unpaired) electrons. The van der Waals surface area contributed by atoms with Gasteiger partial charge in [0, 0.05) is 38.5 Å². The van der Waals surface area contributed by atoms with Gasteiger partial charge in [0.15, 0.2) is 0 Å². The number of ether oxygens (including phenoxy) is 3. The third-order valence-electron chi connectivity index (χ3n) is 5.88. The lowest BCUT2D eigenvalue weighted by atomic mass is 10.1. The second-order valence-electron chi connectivity index (χ2n) is 11.8. The topological polar surface area (TPSA) is 133 Å². The number of anilines is 2. The summed E-state index contributed by atoms with van der Waals surface area (Å²) in [5.41, 5.74) is 1.47. The summed E-state index contributed by atoms with van der Waals surface area (Å²) in [5.74, 6) is 0.354. The number of benzene rings is 1. The van der Waals surface area contributed by atoms with Crippen molar-refractivity contribution in [2.75, 3.05) is 24.4 Å². The smallest absolute Gasteiger partial charge is 0.411 e. The van der Waals surface area contributed by atoms with Crippen LogP contribution in [0, 0.1) is 0 Å². The van der Waals surface area contributed by atoms with Gasteiger partial charge in [-0.1, -0.05) is 31.8 Å². The van der Waals surface area contributed by atoms with E-state index in [2.05, 4.69) is 35.6 Å². The van der Waals surface area contributed by atoms with E-state index in [1.54, 1.807) is 45.0 Å². The molecule has 1 aliphatic rings. The van der Waals surface area contributed by atoms with Crippen LogP contribution in [0.3, 0.4) is 0 Å². The monoisotopic (exact) mass is 571 g/mol. The molecule has 3 N–H and O–H groups in total. The quantitative estimate of drug-likeness (QED) is 0.214. The summed E-state index contributed by atoms with van der Waals surface area (Å²) in [7, 11) is -0.00755. The van der Waals surface area contributed by atoms with Crippen molar-refractivity contribution in [1.29, 1.82) is 0 Å². The molecule has 1 atom stereocenters. The van der Waals surface area contributed by atoms with Gasteiger partial charge in [-0.05, 0) is 51.4 Å². The number of carbonyl (C=O) groups excluding carboxylic acids is 3. The predicted molar refractivity (Wildman–Crippen MR) is 157 cm³/mol. The number of methoxy groups -OCH3 is 1. The number of aromatic nitrogens is 2. The number of hydrogen-bond donors (Lipinski definition) is 3. The molecule has 2 aromatic rings. The Balaban J connectivity index is 2.04. The second kappa shape index (κ2) is 13.1. The van der Waals surface area contributed by atoms with E-state index in [1.165, 1.54) is 7.11 Å². The van der Waals surface area contributed by atoms with E-state index < -0.39 is 31.9 Å². The Morgan fingerprint density at radius 3 is 2.60 bits per heavy atom. The largest absolute Gasteiger partial charge is 0.453 e. The number of nitrogens with zero attached hydrogens (tertiary/aromatic N) is 2. The maximum absolute atomic E-state index is 12.8. The molecule has 0 fully saturated rings. The number of fused-ring (bicyclic) bond motifs is 4. The number of rotatable bonds is 7. The van der Waals surface area contributed by atoms with Crippen molar-refractivity contribution in [3.05, 3.63) is 42.4 Å². The minimum absolute atomic E-state index is 0.127. The zero-order valence-corrected chi connectivity index (χ0v) is 25.4. The van der Waals surface area contributed by atoms with Gasteiger partial charge >= 0.3 is 12.2 Å². The van der Waals surface area contributed by atoms with Gasteiger partial charge < -0.3 is 29.4 Å². The first-order chi connectivity index (χ1) is 18.7. The molecule has 12 heteroatoms. The van der Waals surface area contributed by atoms with Crippen LogP contribution in [0.25, 0.3) is 11.3 Å². The van der Waals surface area contributed by atoms with Gasteiger partial charge in [-0.3, -0.25) is 10.1 Å². The first-order valence-electron chi connectivity index (χ1n) is 13.3. The predicted octanol–water partition coefficient (Wildman–Crippen LogP) is 5.90. The minimum Gasteiger partial charge on any atom is -0.453 e. The van der Waals surface area contributed by atoms with Gasteiger partial charge in [0.1, 0.15) is 18.2 Å². The van der Waals surface area contributed by atoms with E-state index in [4.69, 9.17) is 19.2 Å². The molecule has 0 spiro atoms. The Hall–Kier alpha value is -3.64. The maximum Gasteiger partial charge on any atom is 0.411 e. The SMILES string of the molecule is COC(=O)Nc1ccc2c(c1)NC(=O)C/C=C/C[C@H](NC(=O)OC(C)(C)C)c1nc-2cn1COCC[Si](C)(C)C. The third-order valence-corrected chi connectivity index (χ3v) is 7.58. The molecule has 1 aromatic heterocycles. The standard InChI is InChI=1S/C28H41N5O6Si/c1-28(2,3)39-27(36)32-21-10-8-9-11-24(34)30-22-16-19(29-26(35)37-4)12-13-20(22)23-17-33(25(21)31-23)18-38-14-15-40(5,6)7/h8-9,12-13,16-17,21H,10-11,14-15,18H2,1-7H3,(H,29,35)(H,30,34)(H,32,36)/b9-8+/t21-/m0/s1. The highest BCUT2D eigenvalue weighted by atomic mass is 28.3. The highest BCUT2D eigenvalue weighted by molar-refractivity contribution is 6.76. The molecule has 40 heavy (non-hydrogen) atoms. The molecule has 0 saturated carbocycles. The van der Waals surface area contributed by atoms with Crippen LogP contribution in [0.4, 0.5) is 21.0 Å². The normalized spacial score (nSPS) is 16.5. The highest BCUT2D eigenvalue weighted by Gasteiger charge is 2.26. The van der Waals surface area contributed by atoms with Gasteiger partial charge in [0.05, 0.1) is 24.5 Å². The van der Waals surface area contributed by atoms with Crippen LogP contribution in [0.5, 0.6) is 0 Å². The number of imidazole rings is 1. The van der Waals surface area contributed by atoms with E-state index in [-0.39, 0.29) is 19.1 Å². The summed E-state index contributed by atoms with van der Waals surface area (Å²) in [4.78, 5) is 42.2. The number of carbonyl (C=O) groups is 3. The van der Waals surface area contributed by atoms with Crippen molar-refractivity contribution >= 4 is 37.5 Å². The first kappa shape index (κ1) is 30.9. The fourth-order valence-corrected chi connectivity index (χ4v) is 4.66. The van der Waals surface area contributed by atoms with Crippen LogP contribution in [-0.4, -0.2) is 55.0 Å². The summed E-state index contributed by atoms with van der Waals surface area (Å²) in [6.07, 6.45) is 4.76. The average Bonchev–Trinajstić information content (AvgIpc) is 3.25. The van der Waals surface area contributed by atoms with Crippen molar-refractivity contribution in [3.63, 3.8) is 0 Å². The maximum atomic E-state index is 12.8. The second-order valence-corrected chi connectivity index (χ2v) is 17.5. The molecular weight excluding hydrogens is 530 g/mol. The van der Waals surface area contributed by atoms with E-state index >= 15 is 0 Å². The van der Waals surface area contributed by atoms with Crippen LogP contribution in [-0.2, 0) is 25.7 Å². The summed E-state index contributed by atoms with van der Waals surface area (Å²) < 4.78 is 18.1. The van der Waals surface area contributed by atoms with Gasteiger partial charge in [0.2, 0.25) is 5.91 Å². The molecule has 3 amide bonds. The zero-order valence-electron chi connectivity index (χ0n) is 24.4. The van der Waals surface area contributed by atoms with Crippen LogP contribution in [0.1, 0.15) is 45.5 Å². The molecule has 0 unspecified atom stereocenters. The molecule has 0 saturated heterocycles. The van der Waals surface area contributed by atoms with Crippen LogP contribution >= 0.6 is 0 Å². The summed E-state index contributed by atoms with van der Waals surface area (Å²) in [6, 6.07) is 5.59. The van der Waals surface area contributed by atoms with Crippen molar-refractivity contribution in [2.24, 2.45) is 0 Å². The molecule has 1 aromatic carbocycles. The third kappa shape index (κ3) is 9.52. The fraction of sp³-hybridized carbons (Fsp3) is 0.500. The molecule has 3 rings (SSSR count). The van der Waals surface area contributed by atoms with E-state index in [0.29, 0.717) is 41.5 Å². The molecule has 1 aliphatic heterocycles. The Bertz CT molecular complexity index is 1240. The van der Waals surface area contributed by atoms with Gasteiger partial charge in [-0.25, -0.2) is 14.6 Å².